The Balaban J connectivity index is 1.45. The van der Waals surface area contributed by atoms with Gasteiger partial charge >= 0.3 is 18.0 Å². The molecule has 13 heteroatoms. The number of ether oxygens (including phenoxy) is 1. The van der Waals surface area contributed by atoms with Crippen LogP contribution in [0.3, 0.4) is 0 Å². The van der Waals surface area contributed by atoms with Crippen LogP contribution in [-0.2, 0) is 41.7 Å². The van der Waals surface area contributed by atoms with E-state index in [9.17, 15) is 33.9 Å². The maximum Gasteiger partial charge on any atom is 0.323 e. The molecular formula is C35H39N5O8. The largest absolute Gasteiger partial charge is 0.481 e. The van der Waals surface area contributed by atoms with E-state index in [0.717, 1.165) is 18.2 Å². The number of urea groups is 1. The number of fused-ring (bicyclic) bond motifs is 1. The zero-order valence-electron chi connectivity index (χ0n) is 27.3. The van der Waals surface area contributed by atoms with E-state index in [2.05, 4.69) is 20.7 Å². The summed E-state index contributed by atoms with van der Waals surface area (Å²) >= 11 is 0. The first-order valence-electron chi connectivity index (χ1n) is 15.3. The molecule has 0 aliphatic carbocycles. The Kier molecular flexibility index (Phi) is 11.2. The Morgan fingerprint density at radius 2 is 1.60 bits per heavy atom. The number of carbonyl (C=O) groups excluding carboxylic acids is 5. The molecule has 0 spiro atoms. The Labute approximate surface area is 278 Å². The quantitative estimate of drug-likeness (QED) is 0.163. The van der Waals surface area contributed by atoms with Crippen molar-refractivity contribution in [3.05, 3.63) is 83.4 Å². The average molecular weight is 658 g/mol. The van der Waals surface area contributed by atoms with Crippen molar-refractivity contribution in [1.29, 1.82) is 0 Å². The van der Waals surface area contributed by atoms with Crippen molar-refractivity contribution in [2.45, 2.75) is 52.1 Å². The fourth-order valence-corrected chi connectivity index (χ4v) is 5.16. The maximum atomic E-state index is 13.4. The number of Topliss-reactive ketones (excluding diaryl/α,β-unsaturated/α-hetero) is 1. The van der Waals surface area contributed by atoms with Crippen LogP contribution < -0.4 is 20.9 Å². The second kappa shape index (κ2) is 15.2. The molecule has 0 saturated carbocycles. The molecule has 0 atom stereocenters. The Bertz CT molecular complexity index is 1720. The van der Waals surface area contributed by atoms with Crippen LogP contribution in [0.2, 0.25) is 0 Å². The van der Waals surface area contributed by atoms with Crippen LogP contribution in [0.25, 0.3) is 0 Å². The van der Waals surface area contributed by atoms with E-state index >= 15 is 0 Å². The molecule has 0 unspecified atom stereocenters. The smallest absolute Gasteiger partial charge is 0.323 e. The van der Waals surface area contributed by atoms with Gasteiger partial charge in [0.05, 0.1) is 19.1 Å². The first-order chi connectivity index (χ1) is 22.7. The van der Waals surface area contributed by atoms with E-state index in [1.165, 1.54) is 9.80 Å². The molecule has 0 aromatic heterocycles. The molecule has 4 amide bonds. The highest BCUT2D eigenvalue weighted by molar-refractivity contribution is 6.07. The van der Waals surface area contributed by atoms with Gasteiger partial charge in [0.15, 0.2) is 5.78 Å². The lowest BCUT2D eigenvalue weighted by Gasteiger charge is -2.28. The number of amides is 4. The van der Waals surface area contributed by atoms with Gasteiger partial charge < -0.3 is 35.6 Å². The first-order valence-corrected chi connectivity index (χ1v) is 15.3. The molecule has 1 heterocycles. The first kappa shape index (κ1) is 35.1. The minimum absolute atomic E-state index is 0.0245. The molecule has 3 aromatic rings. The summed E-state index contributed by atoms with van der Waals surface area (Å²) in [6.07, 6.45) is -0.750. The van der Waals surface area contributed by atoms with Gasteiger partial charge in [0.25, 0.3) is 0 Å². The van der Waals surface area contributed by atoms with Gasteiger partial charge in [-0.25, -0.2) is 4.79 Å². The summed E-state index contributed by atoms with van der Waals surface area (Å²) in [5, 5.41) is 18.0. The number of hydrogen-bond acceptors (Lipinski definition) is 8. The summed E-state index contributed by atoms with van der Waals surface area (Å²) in [5.74, 6) is -3.06. The predicted molar refractivity (Wildman–Crippen MR) is 180 cm³/mol. The molecular weight excluding hydrogens is 618 g/mol. The topological polar surface area (TPSA) is 174 Å². The summed E-state index contributed by atoms with van der Waals surface area (Å²) < 4.78 is 4.62. The summed E-state index contributed by atoms with van der Waals surface area (Å²) in [6, 6.07) is 19.0. The molecule has 13 nitrogen and oxygen atoms in total. The number of methoxy groups -OCH3 is 1. The van der Waals surface area contributed by atoms with Crippen molar-refractivity contribution in [3.8, 4) is 0 Å². The number of para-hydroxylation sites is 1. The molecule has 4 N–H and O–H groups in total. The zero-order valence-corrected chi connectivity index (χ0v) is 27.3. The fraction of sp³-hybridized carbons (Fsp3) is 0.314. The van der Waals surface area contributed by atoms with E-state index in [4.69, 9.17) is 0 Å². The third kappa shape index (κ3) is 9.18. The molecule has 48 heavy (non-hydrogen) atoms. The van der Waals surface area contributed by atoms with Crippen molar-refractivity contribution in [2.24, 2.45) is 0 Å². The molecule has 1 aliphatic rings. The number of hydrogen-bond donors (Lipinski definition) is 4. The number of anilines is 4. The number of rotatable bonds is 12. The van der Waals surface area contributed by atoms with Crippen LogP contribution in [0, 0.1) is 6.92 Å². The van der Waals surface area contributed by atoms with Crippen LogP contribution in [0.5, 0.6) is 0 Å². The number of nitrogens with one attached hydrogen (secondary N) is 3. The lowest BCUT2D eigenvalue weighted by molar-refractivity contribution is -0.144. The van der Waals surface area contributed by atoms with Crippen LogP contribution in [0.4, 0.5) is 27.5 Å². The van der Waals surface area contributed by atoms with Crippen LogP contribution >= 0.6 is 0 Å². The third-order valence-corrected chi connectivity index (χ3v) is 7.92. The summed E-state index contributed by atoms with van der Waals surface area (Å²) in [7, 11) is 1.16. The lowest BCUT2D eigenvalue weighted by Crippen LogP contribution is -2.41. The average Bonchev–Trinajstić information content (AvgIpc) is 3.17. The van der Waals surface area contributed by atoms with Crippen molar-refractivity contribution < 1.29 is 38.6 Å². The van der Waals surface area contributed by atoms with Crippen molar-refractivity contribution in [3.63, 3.8) is 0 Å². The van der Waals surface area contributed by atoms with Gasteiger partial charge in [0, 0.05) is 42.3 Å². The van der Waals surface area contributed by atoms with Gasteiger partial charge in [-0.1, -0.05) is 30.3 Å². The van der Waals surface area contributed by atoms with Crippen LogP contribution in [-0.4, -0.2) is 71.3 Å². The standard InChI is InChI=1S/C35H39N5O8/c1-22-7-5-6-8-27(22)37-34(47)36-25-11-9-23(10-12-25)17-29(41)35(2,3)38-26-13-14-28-24(18-26)20-39(16-15-32(44)45)31(43)21-40(28)30(42)19-33(46)48-4/h5-14,18,38H,15-17,19-21H2,1-4H3,(H,44,45)(H2,36,37,47). The number of nitrogens with zero attached hydrogens (tertiary/aromatic N) is 2. The fourth-order valence-electron chi connectivity index (χ4n) is 5.16. The molecule has 252 valence electrons. The zero-order chi connectivity index (χ0) is 35.0. The van der Waals surface area contributed by atoms with Gasteiger partial charge in [0.2, 0.25) is 11.8 Å². The minimum Gasteiger partial charge on any atom is -0.481 e. The Hall–Kier alpha value is -5.72. The van der Waals surface area contributed by atoms with Gasteiger partial charge in [-0.2, -0.15) is 0 Å². The molecule has 3 aromatic carbocycles. The lowest BCUT2D eigenvalue weighted by atomic mass is 9.93. The second-order valence-corrected chi connectivity index (χ2v) is 12.0. The number of carboxylic acid groups (broad SMARTS) is 1. The number of carbonyl (C=O) groups is 6. The second-order valence-electron chi connectivity index (χ2n) is 12.0. The van der Waals surface area contributed by atoms with Gasteiger partial charge in [0.1, 0.15) is 13.0 Å². The summed E-state index contributed by atoms with van der Waals surface area (Å²) in [4.78, 5) is 77.6. The highest BCUT2D eigenvalue weighted by Gasteiger charge is 2.32. The van der Waals surface area contributed by atoms with Gasteiger partial charge in [-0.15, -0.1) is 0 Å². The Morgan fingerprint density at radius 1 is 0.917 bits per heavy atom. The normalized spacial score (nSPS) is 12.8. The maximum absolute atomic E-state index is 13.4. The van der Waals surface area contributed by atoms with Crippen LogP contribution in [0.1, 0.15) is 43.4 Å². The number of aliphatic carboxylic acids is 1. The van der Waals surface area contributed by atoms with E-state index in [1.54, 1.807) is 56.3 Å². The monoisotopic (exact) mass is 657 g/mol. The van der Waals surface area contributed by atoms with E-state index < -0.39 is 35.7 Å². The molecule has 0 saturated heterocycles. The highest BCUT2D eigenvalue weighted by Crippen LogP contribution is 2.31. The Morgan fingerprint density at radius 3 is 2.27 bits per heavy atom. The molecule has 1 aliphatic heterocycles. The minimum atomic E-state index is -1.07. The van der Waals surface area contributed by atoms with Crippen molar-refractivity contribution >= 4 is 58.3 Å². The van der Waals surface area contributed by atoms with Crippen molar-refractivity contribution in [1.82, 2.24) is 4.90 Å². The number of ketones is 1. The van der Waals surface area contributed by atoms with Gasteiger partial charge in [-0.3, -0.25) is 24.0 Å². The molecule has 0 fully saturated rings. The predicted octanol–water partition coefficient (Wildman–Crippen LogP) is 4.35. The van der Waals surface area contributed by atoms with E-state index in [0.29, 0.717) is 28.3 Å². The van der Waals surface area contributed by atoms with Gasteiger partial charge in [-0.05, 0) is 73.9 Å². The van der Waals surface area contributed by atoms with Crippen molar-refractivity contribution in [2.75, 3.05) is 41.0 Å². The highest BCUT2D eigenvalue weighted by atomic mass is 16.5. The third-order valence-electron chi connectivity index (χ3n) is 7.92. The van der Waals surface area contributed by atoms with Crippen LogP contribution in [0.15, 0.2) is 66.7 Å². The number of carboxylic acids is 1. The van der Waals surface area contributed by atoms with E-state index in [1.807, 2.05) is 31.2 Å². The summed E-state index contributed by atoms with van der Waals surface area (Å²) in [5.41, 5.74) is 3.38. The molecule has 0 radical (unpaired) electrons. The molecule has 4 rings (SSSR count). The number of esters is 1. The number of aryl methyl sites for hydroxylation is 1. The molecule has 0 bridgehead atoms. The summed E-state index contributed by atoms with van der Waals surface area (Å²) in [6.45, 7) is 4.96. The SMILES string of the molecule is COC(=O)CC(=O)N1CC(=O)N(CCC(=O)O)Cc2cc(NC(C)(C)C(=O)Cc3ccc(NC(=O)Nc4ccccc4C)cc3)ccc21. The number of benzene rings is 3. The van der Waals surface area contributed by atoms with E-state index in [-0.39, 0.29) is 44.3 Å².